The number of aryl methyl sites for hydroxylation is 2. The molecular weight excluding hydrogens is 427 g/mol. The number of halogens is 1. The third-order valence-corrected chi connectivity index (χ3v) is 8.97. The van der Waals surface area contributed by atoms with Crippen LogP contribution in [0, 0.1) is 19.7 Å². The third-order valence-electron chi connectivity index (χ3n) is 4.07. The summed E-state index contributed by atoms with van der Waals surface area (Å²) in [5, 5.41) is 4.14. The lowest BCUT2D eigenvalue weighted by Crippen LogP contribution is -2.32. The third kappa shape index (κ3) is 4.02. The summed E-state index contributed by atoms with van der Waals surface area (Å²) in [6.07, 6.45) is 0. The second-order valence-corrected chi connectivity index (χ2v) is 10.8. The van der Waals surface area contributed by atoms with Crippen molar-refractivity contribution in [2.24, 2.45) is 0 Å². The van der Waals surface area contributed by atoms with Crippen LogP contribution in [0.1, 0.15) is 21.6 Å². The molecule has 150 valence electrons. The van der Waals surface area contributed by atoms with Gasteiger partial charge in [0, 0.05) is 11.4 Å². The lowest BCUT2D eigenvalue weighted by Gasteiger charge is -2.17. The molecule has 1 aromatic carbocycles. The highest BCUT2D eigenvalue weighted by molar-refractivity contribution is 7.92. The molecule has 28 heavy (non-hydrogen) atoms. The van der Waals surface area contributed by atoms with E-state index in [4.69, 9.17) is 4.52 Å². The summed E-state index contributed by atoms with van der Waals surface area (Å²) in [5.41, 5.74) is 0.180. The Morgan fingerprint density at radius 1 is 1.14 bits per heavy atom. The molecule has 0 aliphatic rings. The van der Waals surface area contributed by atoms with E-state index in [-0.39, 0.29) is 21.2 Å². The molecule has 0 saturated heterocycles. The van der Waals surface area contributed by atoms with Crippen molar-refractivity contribution < 1.29 is 25.7 Å². The van der Waals surface area contributed by atoms with Gasteiger partial charge in [-0.1, -0.05) is 11.2 Å². The molecule has 2 aromatic heterocycles. The summed E-state index contributed by atoms with van der Waals surface area (Å²) in [6.45, 7) is 2.55. The van der Waals surface area contributed by atoms with E-state index in [2.05, 4.69) is 9.88 Å². The van der Waals surface area contributed by atoms with E-state index in [9.17, 15) is 21.2 Å². The summed E-state index contributed by atoms with van der Waals surface area (Å²) in [6, 6.07) is 7.71. The van der Waals surface area contributed by atoms with Gasteiger partial charge in [0.25, 0.3) is 0 Å². The fourth-order valence-corrected chi connectivity index (χ4v) is 7.00. The van der Waals surface area contributed by atoms with Crippen LogP contribution in [0.4, 0.5) is 4.39 Å². The van der Waals surface area contributed by atoms with E-state index in [0.717, 1.165) is 24.3 Å². The van der Waals surface area contributed by atoms with Gasteiger partial charge in [0.15, 0.2) is 15.6 Å². The maximum absolute atomic E-state index is 13.2. The van der Waals surface area contributed by atoms with E-state index >= 15 is 0 Å². The summed E-state index contributed by atoms with van der Waals surface area (Å²) < 4.78 is 71.9. The van der Waals surface area contributed by atoms with Crippen molar-refractivity contribution in [3.63, 3.8) is 0 Å². The van der Waals surface area contributed by atoms with Gasteiger partial charge in [0.1, 0.15) is 21.7 Å². The van der Waals surface area contributed by atoms with Gasteiger partial charge in [-0.25, -0.2) is 25.9 Å². The van der Waals surface area contributed by atoms with Gasteiger partial charge < -0.3 is 4.52 Å². The summed E-state index contributed by atoms with van der Waals surface area (Å²) in [7, 11) is -8.01. The monoisotopic (exact) mass is 444 g/mol. The topological polar surface area (TPSA) is 106 Å². The van der Waals surface area contributed by atoms with Crippen LogP contribution in [0.2, 0.25) is 0 Å². The van der Waals surface area contributed by atoms with E-state index in [1.54, 1.807) is 17.5 Å². The van der Waals surface area contributed by atoms with Gasteiger partial charge in [-0.15, -0.1) is 11.3 Å². The van der Waals surface area contributed by atoms with E-state index in [0.29, 0.717) is 4.88 Å². The maximum Gasteiger partial charge on any atom is 0.246 e. The minimum Gasteiger partial charge on any atom is -0.360 e. The first-order valence-electron chi connectivity index (χ1n) is 8.08. The smallest absolute Gasteiger partial charge is 0.246 e. The second kappa shape index (κ2) is 7.74. The van der Waals surface area contributed by atoms with Crippen molar-refractivity contribution in [3.8, 4) is 0 Å². The van der Waals surface area contributed by atoms with Crippen LogP contribution in [0.15, 0.2) is 56.1 Å². The standard InChI is InChI=1S/C17H17FN2O5S3/c1-11-17(12(2)25-20-11)28(23,24)19-10-16(15-4-3-9-26-15)27(21,22)14-7-5-13(18)6-8-14/h3-9,16,19H,10H2,1-2H3. The number of nitrogens with zero attached hydrogens (tertiary/aromatic N) is 1. The summed E-state index contributed by atoms with van der Waals surface area (Å²) in [5.74, 6) is -0.454. The minimum absolute atomic E-state index is 0.0937. The number of sulfone groups is 1. The lowest BCUT2D eigenvalue weighted by atomic mass is 10.3. The van der Waals surface area contributed by atoms with Crippen molar-refractivity contribution in [1.29, 1.82) is 0 Å². The molecule has 0 spiro atoms. The second-order valence-electron chi connectivity index (χ2n) is 6.01. The number of sulfonamides is 1. The quantitative estimate of drug-likeness (QED) is 0.562. The fourth-order valence-electron chi connectivity index (χ4n) is 2.74. The molecule has 3 rings (SSSR count). The number of nitrogens with one attached hydrogen (secondary N) is 1. The zero-order valence-corrected chi connectivity index (χ0v) is 17.4. The van der Waals surface area contributed by atoms with E-state index < -0.39 is 37.5 Å². The van der Waals surface area contributed by atoms with Crippen molar-refractivity contribution in [2.75, 3.05) is 6.54 Å². The van der Waals surface area contributed by atoms with Crippen LogP contribution < -0.4 is 4.72 Å². The predicted octanol–water partition coefficient (Wildman–Crippen LogP) is 2.99. The first-order valence-corrected chi connectivity index (χ1v) is 12.0. The highest BCUT2D eigenvalue weighted by atomic mass is 32.2. The van der Waals surface area contributed by atoms with Gasteiger partial charge in [-0.2, -0.15) is 0 Å². The van der Waals surface area contributed by atoms with Gasteiger partial charge in [-0.05, 0) is 49.6 Å². The Kier molecular flexibility index (Phi) is 5.71. The molecule has 7 nitrogen and oxygen atoms in total. The zero-order chi connectivity index (χ0) is 20.5. The zero-order valence-electron chi connectivity index (χ0n) is 14.9. The van der Waals surface area contributed by atoms with Gasteiger partial charge in [0.05, 0.1) is 4.90 Å². The fraction of sp³-hybridized carbons (Fsp3) is 0.235. The number of rotatable bonds is 7. The van der Waals surface area contributed by atoms with Crippen LogP contribution in [-0.2, 0) is 19.9 Å². The molecule has 1 N–H and O–H groups in total. The molecule has 0 aliphatic heterocycles. The van der Waals surface area contributed by atoms with E-state index in [1.807, 2.05) is 0 Å². The lowest BCUT2D eigenvalue weighted by molar-refractivity contribution is 0.390. The van der Waals surface area contributed by atoms with Crippen LogP contribution in [0.3, 0.4) is 0 Å². The van der Waals surface area contributed by atoms with Crippen molar-refractivity contribution in [1.82, 2.24) is 9.88 Å². The molecule has 0 radical (unpaired) electrons. The van der Waals surface area contributed by atoms with E-state index in [1.165, 1.54) is 25.2 Å². The highest BCUT2D eigenvalue weighted by Gasteiger charge is 2.33. The first kappa shape index (κ1) is 20.6. The molecule has 1 unspecified atom stereocenters. The molecule has 2 heterocycles. The Balaban J connectivity index is 1.95. The normalized spacial score (nSPS) is 13.5. The first-order chi connectivity index (χ1) is 13.1. The molecule has 3 aromatic rings. The minimum atomic E-state index is -4.04. The average Bonchev–Trinajstić information content (AvgIpc) is 3.25. The van der Waals surface area contributed by atoms with Gasteiger partial charge in [-0.3, -0.25) is 0 Å². The summed E-state index contributed by atoms with van der Waals surface area (Å²) >= 11 is 1.19. The van der Waals surface area contributed by atoms with Crippen LogP contribution in [0.5, 0.6) is 0 Å². The SMILES string of the molecule is Cc1noc(C)c1S(=O)(=O)NCC(c1cccs1)S(=O)(=O)c1ccc(F)cc1. The summed E-state index contributed by atoms with van der Waals surface area (Å²) in [4.78, 5) is 0.256. The Hall–Kier alpha value is -2.08. The van der Waals surface area contributed by atoms with Crippen LogP contribution in [-0.4, -0.2) is 28.5 Å². The van der Waals surface area contributed by atoms with Crippen LogP contribution in [0.25, 0.3) is 0 Å². The Labute approximate surface area is 166 Å². The average molecular weight is 445 g/mol. The van der Waals surface area contributed by atoms with Gasteiger partial charge >= 0.3 is 0 Å². The highest BCUT2D eigenvalue weighted by Crippen LogP contribution is 2.32. The molecule has 0 saturated carbocycles. The van der Waals surface area contributed by atoms with Crippen molar-refractivity contribution >= 4 is 31.2 Å². The number of hydrogen-bond donors (Lipinski definition) is 1. The Morgan fingerprint density at radius 3 is 2.36 bits per heavy atom. The maximum atomic E-state index is 13.2. The van der Waals surface area contributed by atoms with Crippen molar-refractivity contribution in [3.05, 3.63) is 63.9 Å². The number of thiophene rings is 1. The number of aromatic nitrogens is 1. The van der Waals surface area contributed by atoms with Crippen molar-refractivity contribution in [2.45, 2.75) is 28.9 Å². The predicted molar refractivity (Wildman–Crippen MR) is 102 cm³/mol. The molecule has 0 amide bonds. The molecular formula is C17H17FN2O5S3. The van der Waals surface area contributed by atoms with Crippen LogP contribution >= 0.6 is 11.3 Å². The van der Waals surface area contributed by atoms with Gasteiger partial charge in [0.2, 0.25) is 10.0 Å². The Bertz CT molecular complexity index is 1150. The molecule has 0 fully saturated rings. The molecule has 0 aliphatic carbocycles. The number of hydrogen-bond acceptors (Lipinski definition) is 7. The molecule has 11 heteroatoms. The number of benzene rings is 1. The molecule has 0 bridgehead atoms. The Morgan fingerprint density at radius 2 is 1.82 bits per heavy atom. The molecule has 1 atom stereocenters. The largest absolute Gasteiger partial charge is 0.360 e.